The fraction of sp³-hybridized carbons (Fsp3) is 0.571. The van der Waals surface area contributed by atoms with Gasteiger partial charge >= 0.3 is 5.97 Å². The molecular weight excluding hydrogens is 444 g/mol. The number of Topliss-reactive ketones (excluding diaryl/α,β-unsaturated/α-hetero) is 1. The van der Waals surface area contributed by atoms with E-state index >= 15 is 0 Å². The molecule has 1 saturated heterocycles. The zero-order chi connectivity index (χ0) is 22.6. The molecule has 1 aromatic rings. The summed E-state index contributed by atoms with van der Waals surface area (Å²) in [6, 6.07) is 6.99. The summed E-state index contributed by atoms with van der Waals surface area (Å²) < 4.78 is 28.1. The Morgan fingerprint density at radius 1 is 1.19 bits per heavy atom. The number of amides is 1. The number of hydrogen-bond donors (Lipinski definition) is 0. The van der Waals surface area contributed by atoms with Crippen molar-refractivity contribution >= 4 is 39.1 Å². The maximum Gasteiger partial charge on any atom is 0.320 e. The van der Waals surface area contributed by atoms with Crippen LogP contribution in [0.15, 0.2) is 24.3 Å². The molecule has 0 aromatic heterocycles. The standard InChI is InChI=1S/C21H27ClN2O6S/c1-23(19(26)15-30-20(27)14-24-10-12-31(28,29)13-11-24)21(9-5-4-8-18(21)25)16-6-2-3-7-17(16)22/h2-3,6-7H,4-5,8-15H2,1H3. The number of ketones is 1. The Hall–Kier alpha value is -1.97. The Morgan fingerprint density at radius 3 is 2.52 bits per heavy atom. The average Bonchev–Trinajstić information content (AvgIpc) is 2.74. The van der Waals surface area contributed by atoms with Crippen molar-refractivity contribution in [3.05, 3.63) is 34.9 Å². The molecule has 2 fully saturated rings. The number of sulfone groups is 1. The van der Waals surface area contributed by atoms with E-state index in [0.717, 1.165) is 12.8 Å². The quantitative estimate of drug-likeness (QED) is 0.579. The molecule has 10 heteroatoms. The van der Waals surface area contributed by atoms with Crippen molar-refractivity contribution in [2.75, 3.05) is 44.8 Å². The Bertz CT molecular complexity index is 952. The molecule has 3 rings (SSSR count). The number of ether oxygens (including phenoxy) is 1. The van der Waals surface area contributed by atoms with Gasteiger partial charge in [-0.15, -0.1) is 0 Å². The Labute approximate surface area is 187 Å². The van der Waals surface area contributed by atoms with Gasteiger partial charge in [0.2, 0.25) is 0 Å². The van der Waals surface area contributed by atoms with Crippen LogP contribution in [-0.2, 0) is 34.5 Å². The van der Waals surface area contributed by atoms with E-state index < -0.39 is 33.9 Å². The summed E-state index contributed by atoms with van der Waals surface area (Å²) in [5, 5.41) is 0.412. The summed E-state index contributed by atoms with van der Waals surface area (Å²) in [5.41, 5.74) is -0.598. The summed E-state index contributed by atoms with van der Waals surface area (Å²) >= 11 is 6.39. The van der Waals surface area contributed by atoms with E-state index in [1.807, 2.05) is 0 Å². The molecule has 8 nitrogen and oxygen atoms in total. The highest BCUT2D eigenvalue weighted by atomic mass is 35.5. The number of rotatable bonds is 6. The number of benzene rings is 1. The average molecular weight is 471 g/mol. The molecule has 0 bridgehead atoms. The van der Waals surface area contributed by atoms with Gasteiger partial charge in [-0.1, -0.05) is 29.8 Å². The lowest BCUT2D eigenvalue weighted by Crippen LogP contribution is -2.55. The van der Waals surface area contributed by atoms with Gasteiger partial charge in [0.15, 0.2) is 22.2 Å². The lowest BCUT2D eigenvalue weighted by atomic mass is 9.74. The van der Waals surface area contributed by atoms with Gasteiger partial charge in [0.1, 0.15) is 5.54 Å². The second kappa shape index (κ2) is 9.67. The third kappa shape index (κ3) is 5.27. The molecule has 1 heterocycles. The molecule has 1 aromatic carbocycles. The Balaban J connectivity index is 1.66. The van der Waals surface area contributed by atoms with E-state index in [1.54, 1.807) is 29.2 Å². The van der Waals surface area contributed by atoms with Gasteiger partial charge in [-0.25, -0.2) is 8.42 Å². The summed E-state index contributed by atoms with van der Waals surface area (Å²) in [5.74, 6) is -1.18. The summed E-state index contributed by atoms with van der Waals surface area (Å²) in [6.45, 7) is -0.0626. The number of halogens is 1. The zero-order valence-electron chi connectivity index (χ0n) is 17.5. The number of nitrogens with zero attached hydrogens (tertiary/aromatic N) is 2. The second-order valence-electron chi connectivity index (χ2n) is 8.01. The van der Waals surface area contributed by atoms with Crippen LogP contribution in [0.4, 0.5) is 0 Å². The number of esters is 1. The van der Waals surface area contributed by atoms with Crippen molar-refractivity contribution in [2.45, 2.75) is 31.2 Å². The number of carbonyl (C=O) groups excluding carboxylic acids is 3. The molecule has 31 heavy (non-hydrogen) atoms. The van der Waals surface area contributed by atoms with Crippen molar-refractivity contribution in [1.82, 2.24) is 9.80 Å². The topological polar surface area (TPSA) is 101 Å². The van der Waals surface area contributed by atoms with Gasteiger partial charge in [0, 0.05) is 37.1 Å². The predicted octanol–water partition coefficient (Wildman–Crippen LogP) is 1.41. The third-order valence-corrected chi connectivity index (χ3v) is 8.00. The third-order valence-electron chi connectivity index (χ3n) is 6.07. The fourth-order valence-electron chi connectivity index (χ4n) is 4.22. The maximum atomic E-state index is 13.1. The van der Waals surface area contributed by atoms with Crippen molar-refractivity contribution in [3.63, 3.8) is 0 Å². The summed E-state index contributed by atoms with van der Waals surface area (Å²) in [4.78, 5) is 41.2. The minimum absolute atomic E-state index is 0.00438. The molecule has 1 aliphatic heterocycles. The monoisotopic (exact) mass is 470 g/mol. The van der Waals surface area contributed by atoms with Gasteiger partial charge < -0.3 is 9.64 Å². The van der Waals surface area contributed by atoms with Crippen molar-refractivity contribution in [2.24, 2.45) is 0 Å². The first-order chi connectivity index (χ1) is 14.7. The van der Waals surface area contributed by atoms with Crippen LogP contribution in [0.5, 0.6) is 0 Å². The normalized spacial score (nSPS) is 23.9. The van der Waals surface area contributed by atoms with E-state index in [0.29, 0.717) is 23.4 Å². The van der Waals surface area contributed by atoms with Crippen molar-refractivity contribution in [3.8, 4) is 0 Å². The van der Waals surface area contributed by atoms with Gasteiger partial charge in [0.05, 0.1) is 18.1 Å². The molecule has 0 spiro atoms. The first kappa shape index (κ1) is 23.7. The minimum atomic E-state index is -3.04. The van der Waals surface area contributed by atoms with Crippen LogP contribution < -0.4 is 0 Å². The highest BCUT2D eigenvalue weighted by Gasteiger charge is 2.48. The van der Waals surface area contributed by atoms with Crippen LogP contribution in [0.25, 0.3) is 0 Å². The van der Waals surface area contributed by atoms with Crippen molar-refractivity contribution in [1.29, 1.82) is 0 Å². The number of hydrogen-bond acceptors (Lipinski definition) is 7. The summed E-state index contributed by atoms with van der Waals surface area (Å²) in [7, 11) is -1.50. The predicted molar refractivity (Wildman–Crippen MR) is 115 cm³/mol. The van der Waals surface area contributed by atoms with E-state index in [1.165, 1.54) is 11.9 Å². The second-order valence-corrected chi connectivity index (χ2v) is 10.7. The minimum Gasteiger partial charge on any atom is -0.455 e. The molecule has 0 radical (unpaired) electrons. The van der Waals surface area contributed by atoms with E-state index in [2.05, 4.69) is 0 Å². The van der Waals surface area contributed by atoms with Crippen LogP contribution in [0.1, 0.15) is 31.2 Å². The highest BCUT2D eigenvalue weighted by molar-refractivity contribution is 7.91. The molecule has 1 amide bonds. The molecule has 2 aliphatic rings. The van der Waals surface area contributed by atoms with Gasteiger partial charge in [-0.3, -0.25) is 19.3 Å². The van der Waals surface area contributed by atoms with Crippen LogP contribution >= 0.6 is 11.6 Å². The van der Waals surface area contributed by atoms with Crippen molar-refractivity contribution < 1.29 is 27.5 Å². The Kier molecular flexibility index (Phi) is 7.39. The van der Waals surface area contributed by atoms with Crippen LogP contribution in [0.2, 0.25) is 5.02 Å². The fourth-order valence-corrected chi connectivity index (χ4v) is 5.79. The van der Waals surface area contributed by atoms with Crippen LogP contribution in [-0.4, -0.2) is 80.7 Å². The molecule has 1 atom stereocenters. The number of likely N-dealkylation sites (N-methyl/N-ethyl adjacent to an activating group) is 1. The largest absolute Gasteiger partial charge is 0.455 e. The molecule has 1 unspecified atom stereocenters. The summed E-state index contributed by atoms with van der Waals surface area (Å²) in [6.07, 6.45) is 2.33. The smallest absolute Gasteiger partial charge is 0.320 e. The maximum absolute atomic E-state index is 13.1. The molecule has 0 N–H and O–H groups in total. The molecule has 1 saturated carbocycles. The lowest BCUT2D eigenvalue weighted by molar-refractivity contribution is -0.158. The number of carbonyl (C=O) groups is 3. The lowest BCUT2D eigenvalue weighted by Gasteiger charge is -2.43. The van der Waals surface area contributed by atoms with E-state index in [-0.39, 0.29) is 36.9 Å². The van der Waals surface area contributed by atoms with Crippen LogP contribution in [0.3, 0.4) is 0 Å². The molecule has 1 aliphatic carbocycles. The van der Waals surface area contributed by atoms with Gasteiger partial charge in [-0.2, -0.15) is 0 Å². The van der Waals surface area contributed by atoms with Gasteiger partial charge in [-0.05, 0) is 25.3 Å². The van der Waals surface area contributed by atoms with Gasteiger partial charge in [0.25, 0.3) is 5.91 Å². The first-order valence-electron chi connectivity index (χ1n) is 10.3. The first-order valence-corrected chi connectivity index (χ1v) is 12.5. The Morgan fingerprint density at radius 2 is 1.87 bits per heavy atom. The molecule has 170 valence electrons. The molecular formula is C21H27ClN2O6S. The van der Waals surface area contributed by atoms with E-state index in [4.69, 9.17) is 16.3 Å². The van der Waals surface area contributed by atoms with E-state index in [9.17, 15) is 22.8 Å². The highest BCUT2D eigenvalue weighted by Crippen LogP contribution is 2.42. The SMILES string of the molecule is CN(C(=O)COC(=O)CN1CCS(=O)(=O)CC1)C1(c2ccccc2Cl)CCCCC1=O. The zero-order valence-corrected chi connectivity index (χ0v) is 19.1. The van der Waals surface area contributed by atoms with Crippen LogP contribution in [0, 0.1) is 0 Å².